The number of rotatable bonds is 5. The molecule has 0 saturated heterocycles. The fraction of sp³-hybridized carbons (Fsp3) is 0.385. The fourth-order valence-electron chi connectivity index (χ4n) is 1.68. The first-order valence-corrected chi connectivity index (χ1v) is 6.71. The quantitative estimate of drug-likeness (QED) is 0.613. The van der Waals surface area contributed by atoms with Crippen LogP contribution < -0.4 is 0 Å². The summed E-state index contributed by atoms with van der Waals surface area (Å²) < 4.78 is 30.3. The molecule has 0 amide bonds. The highest BCUT2D eigenvalue weighted by Crippen LogP contribution is 2.26. The van der Waals surface area contributed by atoms with Crippen LogP contribution in [0.5, 0.6) is 0 Å². The Morgan fingerprint density at radius 1 is 1.47 bits per heavy atom. The first-order chi connectivity index (χ1) is 9.03. The largest absolute Gasteiger partial charge is 0.466 e. The van der Waals surface area contributed by atoms with Gasteiger partial charge < -0.3 is 4.74 Å². The third kappa shape index (κ3) is 4.00. The Morgan fingerprint density at radius 2 is 2.11 bits per heavy atom. The Labute approximate surface area is 118 Å². The molecular formula is C13H12BrF2NO2. The number of carbonyl (C=O) groups excluding carboxylic acids is 1. The molecule has 0 saturated carbocycles. The van der Waals surface area contributed by atoms with Gasteiger partial charge in [0.2, 0.25) is 0 Å². The summed E-state index contributed by atoms with van der Waals surface area (Å²) in [6.45, 7) is 1.86. The molecule has 0 fully saturated rings. The highest BCUT2D eigenvalue weighted by atomic mass is 79.9. The second-order valence-corrected chi connectivity index (χ2v) is 4.30. The van der Waals surface area contributed by atoms with Crippen LogP contribution >= 0.6 is 15.9 Å². The molecule has 0 unspecified atom stereocenters. The molecule has 1 aromatic carbocycles. The van der Waals surface area contributed by atoms with Crippen molar-refractivity contribution in [2.75, 3.05) is 6.61 Å². The van der Waals surface area contributed by atoms with E-state index >= 15 is 0 Å². The number of benzene rings is 1. The van der Waals surface area contributed by atoms with E-state index in [1.165, 1.54) is 12.1 Å². The van der Waals surface area contributed by atoms with Crippen molar-refractivity contribution < 1.29 is 18.3 Å². The molecule has 0 radical (unpaired) electrons. The minimum atomic E-state index is -2.65. The normalized spacial score (nSPS) is 10.3. The molecule has 0 atom stereocenters. The smallest absolute Gasteiger partial charge is 0.310 e. The van der Waals surface area contributed by atoms with Crippen LogP contribution in [0.4, 0.5) is 8.78 Å². The summed E-state index contributed by atoms with van der Waals surface area (Å²) in [5.41, 5.74) is 0.759. The third-order valence-electron chi connectivity index (χ3n) is 2.47. The molecule has 19 heavy (non-hydrogen) atoms. The fourth-order valence-corrected chi connectivity index (χ4v) is 2.12. The lowest BCUT2D eigenvalue weighted by Crippen LogP contribution is -2.10. The molecule has 0 aliphatic heterocycles. The van der Waals surface area contributed by atoms with Crippen LogP contribution in [-0.2, 0) is 21.3 Å². The van der Waals surface area contributed by atoms with E-state index in [-0.39, 0.29) is 35.0 Å². The Hall–Kier alpha value is -1.48. The highest BCUT2D eigenvalue weighted by molar-refractivity contribution is 9.08. The van der Waals surface area contributed by atoms with Gasteiger partial charge in [-0.3, -0.25) is 4.79 Å². The minimum Gasteiger partial charge on any atom is -0.466 e. The number of carbonyl (C=O) groups is 1. The SMILES string of the molecule is CCOC(=O)Cc1cc(C(F)F)cc(CBr)c1C#N. The molecule has 6 heteroatoms. The van der Waals surface area contributed by atoms with Crippen molar-refractivity contribution >= 4 is 21.9 Å². The summed E-state index contributed by atoms with van der Waals surface area (Å²) >= 11 is 3.15. The molecule has 0 aliphatic carbocycles. The van der Waals surface area contributed by atoms with Gasteiger partial charge in [-0.05, 0) is 30.2 Å². The second-order valence-electron chi connectivity index (χ2n) is 3.74. The van der Waals surface area contributed by atoms with Gasteiger partial charge in [0, 0.05) is 10.9 Å². The molecule has 0 bridgehead atoms. The first-order valence-electron chi connectivity index (χ1n) is 5.59. The summed E-state index contributed by atoms with van der Waals surface area (Å²) in [5.74, 6) is -0.536. The summed E-state index contributed by atoms with van der Waals surface area (Å²) in [7, 11) is 0. The van der Waals surface area contributed by atoms with Crippen LogP contribution in [0, 0.1) is 11.3 Å². The van der Waals surface area contributed by atoms with Gasteiger partial charge in [-0.2, -0.15) is 5.26 Å². The minimum absolute atomic E-state index is 0.183. The lowest BCUT2D eigenvalue weighted by Gasteiger charge is -2.11. The maximum Gasteiger partial charge on any atom is 0.310 e. The third-order valence-corrected chi connectivity index (χ3v) is 3.08. The van der Waals surface area contributed by atoms with Gasteiger partial charge in [0.25, 0.3) is 6.43 Å². The van der Waals surface area contributed by atoms with Crippen molar-refractivity contribution in [3.8, 4) is 6.07 Å². The molecule has 1 aromatic rings. The van der Waals surface area contributed by atoms with Gasteiger partial charge >= 0.3 is 5.97 Å². The van der Waals surface area contributed by atoms with Crippen LogP contribution in [0.1, 0.15) is 35.6 Å². The van der Waals surface area contributed by atoms with Crippen molar-refractivity contribution in [2.45, 2.75) is 25.1 Å². The number of nitrogens with zero attached hydrogens (tertiary/aromatic N) is 1. The Balaban J connectivity index is 3.23. The van der Waals surface area contributed by atoms with E-state index in [0.717, 1.165) is 0 Å². The van der Waals surface area contributed by atoms with E-state index in [9.17, 15) is 13.6 Å². The summed E-state index contributed by atoms with van der Waals surface area (Å²) in [6.07, 6.45) is -2.83. The first kappa shape index (κ1) is 15.6. The number of hydrogen-bond donors (Lipinski definition) is 0. The Bertz CT molecular complexity index is 512. The average molecular weight is 332 g/mol. The van der Waals surface area contributed by atoms with Crippen LogP contribution in [0.3, 0.4) is 0 Å². The Morgan fingerprint density at radius 3 is 2.58 bits per heavy atom. The van der Waals surface area contributed by atoms with Crippen molar-refractivity contribution in [2.24, 2.45) is 0 Å². The van der Waals surface area contributed by atoms with E-state index in [2.05, 4.69) is 15.9 Å². The highest BCUT2D eigenvalue weighted by Gasteiger charge is 2.17. The van der Waals surface area contributed by atoms with Crippen LogP contribution in [0.2, 0.25) is 0 Å². The molecule has 3 nitrogen and oxygen atoms in total. The predicted octanol–water partition coefficient (Wildman–Crippen LogP) is 3.50. The maximum absolute atomic E-state index is 12.8. The van der Waals surface area contributed by atoms with Crippen LogP contribution in [-0.4, -0.2) is 12.6 Å². The number of hydrogen-bond acceptors (Lipinski definition) is 3. The summed E-state index contributed by atoms with van der Waals surface area (Å²) in [6, 6.07) is 4.40. The number of alkyl halides is 3. The van der Waals surface area contributed by atoms with Gasteiger partial charge in [-0.1, -0.05) is 15.9 Å². The van der Waals surface area contributed by atoms with Gasteiger partial charge in [0.1, 0.15) is 0 Å². The lowest BCUT2D eigenvalue weighted by molar-refractivity contribution is -0.142. The topological polar surface area (TPSA) is 50.1 Å². The number of halogens is 3. The van der Waals surface area contributed by atoms with Gasteiger partial charge in [-0.15, -0.1) is 0 Å². The van der Waals surface area contributed by atoms with Crippen LogP contribution in [0.25, 0.3) is 0 Å². The van der Waals surface area contributed by atoms with Crippen molar-refractivity contribution in [3.63, 3.8) is 0 Å². The van der Waals surface area contributed by atoms with Gasteiger partial charge in [-0.25, -0.2) is 8.78 Å². The zero-order valence-electron chi connectivity index (χ0n) is 10.3. The monoisotopic (exact) mass is 331 g/mol. The second kappa shape index (κ2) is 7.19. The average Bonchev–Trinajstić information content (AvgIpc) is 2.37. The van der Waals surface area contributed by atoms with Crippen molar-refractivity contribution in [1.82, 2.24) is 0 Å². The zero-order chi connectivity index (χ0) is 14.4. The lowest BCUT2D eigenvalue weighted by atomic mass is 9.97. The standard InChI is InChI=1S/C13H12BrF2NO2/c1-2-19-12(18)5-8-3-9(13(15)16)4-10(6-14)11(8)7-17/h3-4,13H,2,5-6H2,1H3. The summed E-state index contributed by atoms with van der Waals surface area (Å²) in [5, 5.41) is 9.36. The van der Waals surface area contributed by atoms with Crippen molar-refractivity contribution in [1.29, 1.82) is 5.26 Å². The van der Waals surface area contributed by atoms with Crippen LogP contribution in [0.15, 0.2) is 12.1 Å². The summed E-state index contributed by atoms with van der Waals surface area (Å²) in [4.78, 5) is 11.4. The number of nitriles is 1. The molecule has 1 rings (SSSR count). The zero-order valence-corrected chi connectivity index (χ0v) is 11.8. The molecule has 0 aromatic heterocycles. The molecular weight excluding hydrogens is 320 g/mol. The predicted molar refractivity (Wildman–Crippen MR) is 69.1 cm³/mol. The maximum atomic E-state index is 12.8. The van der Waals surface area contributed by atoms with E-state index < -0.39 is 12.4 Å². The molecule has 102 valence electrons. The van der Waals surface area contributed by atoms with Gasteiger partial charge in [0.15, 0.2) is 0 Å². The van der Waals surface area contributed by atoms with E-state index in [1.54, 1.807) is 6.92 Å². The van der Waals surface area contributed by atoms with E-state index in [0.29, 0.717) is 5.56 Å². The molecule has 0 heterocycles. The van der Waals surface area contributed by atoms with Crippen molar-refractivity contribution in [3.05, 3.63) is 34.4 Å². The number of esters is 1. The van der Waals surface area contributed by atoms with E-state index in [1.807, 2.05) is 6.07 Å². The number of ether oxygens (including phenoxy) is 1. The molecule has 0 aliphatic rings. The molecule has 0 spiro atoms. The molecule has 0 N–H and O–H groups in total. The van der Waals surface area contributed by atoms with E-state index in [4.69, 9.17) is 10.00 Å². The Kier molecular flexibility index (Phi) is 5.90. The van der Waals surface area contributed by atoms with Gasteiger partial charge in [0.05, 0.1) is 24.7 Å².